The van der Waals surface area contributed by atoms with Crippen LogP contribution in [0.15, 0.2) is 24.3 Å². The largest absolute Gasteiger partial charge is 0.491 e. The van der Waals surface area contributed by atoms with E-state index in [9.17, 15) is 9.59 Å². The summed E-state index contributed by atoms with van der Waals surface area (Å²) in [5.41, 5.74) is 0.729. The molecule has 0 fully saturated rings. The summed E-state index contributed by atoms with van der Waals surface area (Å²) in [5.74, 6) is 0.314. The summed E-state index contributed by atoms with van der Waals surface area (Å²) >= 11 is 0. The average Bonchev–Trinajstić information content (AvgIpc) is 3.02. The number of hydrogen-bond donors (Lipinski definition) is 1. The first-order valence-corrected chi connectivity index (χ1v) is 14.9. The van der Waals surface area contributed by atoms with E-state index in [-0.39, 0.29) is 18.3 Å². The van der Waals surface area contributed by atoms with E-state index in [0.29, 0.717) is 131 Å². The fourth-order valence-corrected chi connectivity index (χ4v) is 3.18. The minimum atomic E-state index is -0.289. The van der Waals surface area contributed by atoms with E-state index in [4.69, 9.17) is 47.4 Å². The molecular formula is C30H51NO13. The Labute approximate surface area is 260 Å². The van der Waals surface area contributed by atoms with Crippen molar-refractivity contribution < 1.29 is 61.7 Å². The van der Waals surface area contributed by atoms with E-state index in [1.54, 1.807) is 24.3 Å². The third kappa shape index (κ3) is 27.2. The molecule has 0 radical (unpaired) electrons. The Morgan fingerprint density at radius 2 is 0.818 bits per heavy atom. The summed E-state index contributed by atoms with van der Waals surface area (Å²) in [6.45, 7) is 10.3. The Morgan fingerprint density at radius 3 is 1.14 bits per heavy atom. The molecule has 1 amide bonds. The van der Waals surface area contributed by atoms with Gasteiger partial charge in [0.05, 0.1) is 132 Å². The van der Waals surface area contributed by atoms with E-state index in [1.165, 1.54) is 14.0 Å². The highest BCUT2D eigenvalue weighted by Crippen LogP contribution is 2.15. The lowest BCUT2D eigenvalue weighted by molar-refractivity contribution is -0.142. The Kier molecular flexibility index (Phi) is 27.6. The van der Waals surface area contributed by atoms with E-state index < -0.39 is 0 Å². The van der Waals surface area contributed by atoms with Crippen LogP contribution in [-0.4, -0.2) is 145 Å². The summed E-state index contributed by atoms with van der Waals surface area (Å²) in [6.07, 6.45) is 0.242. The van der Waals surface area contributed by atoms with Gasteiger partial charge in [0.1, 0.15) is 12.4 Å². The summed E-state index contributed by atoms with van der Waals surface area (Å²) in [5, 5.41) is 2.71. The number of hydrogen-bond acceptors (Lipinski definition) is 13. The molecule has 0 spiro atoms. The topological polar surface area (TPSA) is 148 Å². The van der Waals surface area contributed by atoms with Crippen molar-refractivity contribution in [3.8, 4) is 5.75 Å². The first-order chi connectivity index (χ1) is 21.6. The molecule has 0 aliphatic heterocycles. The van der Waals surface area contributed by atoms with Crippen LogP contribution in [0.25, 0.3) is 0 Å². The van der Waals surface area contributed by atoms with Crippen LogP contribution in [0.4, 0.5) is 5.69 Å². The highest BCUT2D eigenvalue weighted by Gasteiger charge is 2.00. The van der Waals surface area contributed by atoms with Crippen LogP contribution in [0.1, 0.15) is 13.3 Å². The lowest BCUT2D eigenvalue weighted by atomic mass is 10.3. The molecule has 0 aromatic heterocycles. The molecule has 0 heterocycles. The van der Waals surface area contributed by atoms with Gasteiger partial charge in [-0.3, -0.25) is 9.59 Å². The quantitative estimate of drug-likeness (QED) is 0.0908. The number of esters is 1. The first-order valence-electron chi connectivity index (χ1n) is 14.9. The predicted octanol–water partition coefficient (Wildman–Crippen LogP) is 1.74. The fraction of sp³-hybridized carbons (Fsp3) is 0.733. The molecule has 0 aliphatic carbocycles. The second kappa shape index (κ2) is 30.6. The van der Waals surface area contributed by atoms with Crippen LogP contribution < -0.4 is 10.1 Å². The fourth-order valence-electron chi connectivity index (χ4n) is 3.18. The maximum absolute atomic E-state index is 11.0. The Morgan fingerprint density at radius 1 is 0.500 bits per heavy atom. The lowest BCUT2D eigenvalue weighted by Gasteiger charge is -2.09. The lowest BCUT2D eigenvalue weighted by Crippen LogP contribution is -2.15. The van der Waals surface area contributed by atoms with Gasteiger partial charge in [0.2, 0.25) is 5.91 Å². The molecule has 14 nitrogen and oxygen atoms in total. The van der Waals surface area contributed by atoms with Crippen LogP contribution in [0, 0.1) is 0 Å². The SMILES string of the molecule is COC(=O)CCOCCOCCOCCOCCOCCOCCOCCOCCOCCOc1ccc(NC(C)=O)cc1. The molecular weight excluding hydrogens is 582 g/mol. The molecule has 0 aliphatic rings. The van der Waals surface area contributed by atoms with Gasteiger partial charge in [0.25, 0.3) is 0 Å². The van der Waals surface area contributed by atoms with Gasteiger partial charge in [-0.25, -0.2) is 0 Å². The van der Waals surface area contributed by atoms with Crippen molar-refractivity contribution in [1.29, 1.82) is 0 Å². The number of benzene rings is 1. The molecule has 0 saturated heterocycles. The first kappa shape index (κ1) is 39.6. The minimum absolute atomic E-state index is 0.111. The van der Waals surface area contributed by atoms with Crippen LogP contribution in [-0.2, 0) is 57.0 Å². The van der Waals surface area contributed by atoms with Crippen molar-refractivity contribution in [2.24, 2.45) is 0 Å². The Balaban J connectivity index is 1.68. The van der Waals surface area contributed by atoms with E-state index in [1.807, 2.05) is 0 Å². The molecule has 0 atom stereocenters. The molecule has 1 aromatic rings. The zero-order chi connectivity index (χ0) is 31.8. The van der Waals surface area contributed by atoms with Crippen molar-refractivity contribution in [1.82, 2.24) is 0 Å². The number of amides is 1. The monoisotopic (exact) mass is 633 g/mol. The van der Waals surface area contributed by atoms with E-state index >= 15 is 0 Å². The molecule has 44 heavy (non-hydrogen) atoms. The maximum atomic E-state index is 11.0. The molecule has 1 rings (SSSR count). The van der Waals surface area contributed by atoms with Crippen LogP contribution in [0.5, 0.6) is 5.75 Å². The van der Waals surface area contributed by atoms with Crippen molar-refractivity contribution in [2.75, 3.05) is 138 Å². The second-order valence-corrected chi connectivity index (χ2v) is 8.89. The van der Waals surface area contributed by atoms with Gasteiger partial charge >= 0.3 is 5.97 Å². The van der Waals surface area contributed by atoms with Gasteiger partial charge in [-0.2, -0.15) is 0 Å². The van der Waals surface area contributed by atoms with Crippen molar-refractivity contribution in [3.05, 3.63) is 24.3 Å². The van der Waals surface area contributed by atoms with E-state index in [0.717, 1.165) is 5.69 Å². The van der Waals surface area contributed by atoms with Crippen molar-refractivity contribution in [2.45, 2.75) is 13.3 Å². The number of nitrogens with one attached hydrogen (secondary N) is 1. The van der Waals surface area contributed by atoms with Gasteiger partial charge in [-0.1, -0.05) is 0 Å². The number of carbonyl (C=O) groups is 2. The third-order valence-corrected chi connectivity index (χ3v) is 5.33. The number of carbonyl (C=O) groups excluding carboxylic acids is 2. The van der Waals surface area contributed by atoms with Gasteiger partial charge in [-0.15, -0.1) is 0 Å². The number of rotatable bonds is 32. The minimum Gasteiger partial charge on any atom is -0.491 e. The second-order valence-electron chi connectivity index (χ2n) is 8.89. The van der Waals surface area contributed by atoms with Crippen LogP contribution in [0.2, 0.25) is 0 Å². The zero-order valence-electron chi connectivity index (χ0n) is 26.3. The van der Waals surface area contributed by atoms with Gasteiger partial charge in [-0.05, 0) is 24.3 Å². The van der Waals surface area contributed by atoms with Crippen molar-refractivity contribution >= 4 is 17.6 Å². The average molecular weight is 634 g/mol. The maximum Gasteiger partial charge on any atom is 0.307 e. The standard InChI is InChI=1S/C30H51NO13/c1-27(32)31-28-3-5-29(6-4-28)44-26-25-43-24-23-42-22-21-41-20-19-40-18-17-39-16-15-38-14-13-37-12-11-36-10-9-35-8-7-30(33)34-2/h3-6H,7-26H2,1-2H3,(H,31,32). The number of ether oxygens (including phenoxy) is 11. The predicted molar refractivity (Wildman–Crippen MR) is 160 cm³/mol. The summed E-state index contributed by atoms with van der Waals surface area (Å²) < 4.78 is 58.9. The number of methoxy groups -OCH3 is 1. The zero-order valence-corrected chi connectivity index (χ0v) is 26.3. The molecule has 0 unspecified atom stereocenters. The summed E-state index contributed by atoms with van der Waals surface area (Å²) in [7, 11) is 1.35. The van der Waals surface area contributed by atoms with Gasteiger partial charge in [0, 0.05) is 12.6 Å². The summed E-state index contributed by atoms with van der Waals surface area (Å²) in [6, 6.07) is 7.16. The van der Waals surface area contributed by atoms with Gasteiger partial charge in [0.15, 0.2) is 0 Å². The molecule has 254 valence electrons. The third-order valence-electron chi connectivity index (χ3n) is 5.33. The highest BCUT2D eigenvalue weighted by molar-refractivity contribution is 5.88. The Bertz CT molecular complexity index is 798. The highest BCUT2D eigenvalue weighted by atomic mass is 16.6. The molecule has 0 bridgehead atoms. The van der Waals surface area contributed by atoms with Crippen LogP contribution >= 0.6 is 0 Å². The van der Waals surface area contributed by atoms with Gasteiger partial charge < -0.3 is 57.4 Å². The Hall–Kier alpha value is -2.40. The number of anilines is 1. The van der Waals surface area contributed by atoms with Crippen LogP contribution in [0.3, 0.4) is 0 Å². The van der Waals surface area contributed by atoms with Crippen molar-refractivity contribution in [3.63, 3.8) is 0 Å². The molecule has 1 aromatic carbocycles. The summed E-state index contributed by atoms with van der Waals surface area (Å²) in [4.78, 5) is 21.9. The molecule has 0 saturated carbocycles. The smallest absolute Gasteiger partial charge is 0.307 e. The van der Waals surface area contributed by atoms with E-state index in [2.05, 4.69) is 10.1 Å². The molecule has 1 N–H and O–H groups in total. The molecule has 14 heteroatoms. The normalized spacial score (nSPS) is 11.0.